The maximum Gasteiger partial charge on any atom is 0.472 e. The molecule has 0 amide bonds. The highest BCUT2D eigenvalue weighted by Gasteiger charge is 2.51. The van der Waals surface area contributed by atoms with Crippen LogP contribution in [-0.4, -0.2) is 137 Å². The standard InChI is InChI=1S/C49H88O19P2/c1-3-5-7-8-9-10-11-12-13-14-15-16-17-18-19-20-25-29-42(53)64-34-37-35-65-70(62,63)68-49-47(58)46(57)44(55)38(28-24-21-22-26-30-43(54)66-37)40(51)33-41(52)39(32-31-36(50)27-23-6-4-2)45(56)48(49)67-69(59,60)61/h12-13,21,24,31-32,36-41,44-52,55-58H,3-11,14-20,22-23,25-30,33-35H2,1-2H3,(H,62,63)(H2,59,60,61)/b13-12-,24-21?,32-31+/t36-,37+,38-,39-,40-,41+,44+,45+,46-,47+,48+,49-/m0/s1. The Morgan fingerprint density at radius 3 is 2.04 bits per heavy atom. The van der Waals surface area contributed by atoms with Gasteiger partial charge < -0.3 is 59.9 Å². The van der Waals surface area contributed by atoms with E-state index in [1.807, 2.05) is 6.92 Å². The molecule has 1 saturated carbocycles. The Bertz CT molecular complexity index is 1610. The molecular weight excluding hydrogens is 954 g/mol. The average Bonchev–Trinajstić information content (AvgIpc) is 3.30. The van der Waals surface area contributed by atoms with Gasteiger partial charge in [-0.05, 0) is 57.8 Å². The minimum Gasteiger partial charge on any atom is -0.462 e. The number of rotatable bonds is 27. The fourth-order valence-electron chi connectivity index (χ4n) is 8.60. The van der Waals surface area contributed by atoms with Gasteiger partial charge in [0.05, 0.1) is 37.1 Å². The highest BCUT2D eigenvalue weighted by molar-refractivity contribution is 7.47. The molecule has 0 aromatic carbocycles. The van der Waals surface area contributed by atoms with E-state index < -0.39 is 120 Å². The van der Waals surface area contributed by atoms with Gasteiger partial charge in [0.15, 0.2) is 6.10 Å². The summed E-state index contributed by atoms with van der Waals surface area (Å²) >= 11 is 0. The topological polar surface area (TPSA) is 317 Å². The maximum atomic E-state index is 13.7. The number of carbonyl (C=O) groups excluding carboxylic acids is 2. The summed E-state index contributed by atoms with van der Waals surface area (Å²) in [5.74, 6) is -4.50. The molecule has 1 fully saturated rings. The number of ether oxygens (including phenoxy) is 2. The quantitative estimate of drug-likeness (QED) is 0.0178. The second-order valence-electron chi connectivity index (χ2n) is 18.9. The lowest BCUT2D eigenvalue weighted by atomic mass is 9.83. The lowest BCUT2D eigenvalue weighted by Crippen LogP contribution is -2.56. The first-order chi connectivity index (χ1) is 33.3. The number of phosphoric acid groups is 2. The number of hydrogen-bond acceptors (Lipinski definition) is 16. The molecule has 2 bridgehead atoms. The first-order valence-electron chi connectivity index (χ1n) is 25.8. The summed E-state index contributed by atoms with van der Waals surface area (Å²) in [5.41, 5.74) is 0. The smallest absolute Gasteiger partial charge is 0.462 e. The number of allylic oxidation sites excluding steroid dienone is 4. The number of hydrogen-bond donors (Lipinski definition) is 10. The third-order valence-electron chi connectivity index (χ3n) is 12.7. The minimum absolute atomic E-state index is 0.0521. The van der Waals surface area contributed by atoms with Crippen molar-refractivity contribution in [1.29, 1.82) is 0 Å². The van der Waals surface area contributed by atoms with Crippen LogP contribution in [0.1, 0.15) is 174 Å². The summed E-state index contributed by atoms with van der Waals surface area (Å²) in [6, 6.07) is 0. The summed E-state index contributed by atoms with van der Waals surface area (Å²) in [4.78, 5) is 56.7. The Morgan fingerprint density at radius 2 is 1.41 bits per heavy atom. The second-order valence-corrected chi connectivity index (χ2v) is 21.5. The molecule has 2 rings (SSSR count). The Kier molecular flexibility index (Phi) is 33.1. The molecule has 19 nitrogen and oxygen atoms in total. The lowest BCUT2D eigenvalue weighted by Gasteiger charge is -2.38. The van der Waals surface area contributed by atoms with Crippen LogP contribution in [0.5, 0.6) is 0 Å². The van der Waals surface area contributed by atoms with Crippen molar-refractivity contribution in [3.63, 3.8) is 0 Å². The summed E-state index contributed by atoms with van der Waals surface area (Å²) in [5, 5.41) is 79.7. The number of esters is 2. The van der Waals surface area contributed by atoms with Gasteiger partial charge in [0.25, 0.3) is 0 Å². The van der Waals surface area contributed by atoms with Crippen molar-refractivity contribution >= 4 is 27.6 Å². The molecule has 21 heteroatoms. The van der Waals surface area contributed by atoms with Crippen LogP contribution in [0.25, 0.3) is 0 Å². The van der Waals surface area contributed by atoms with Crippen molar-refractivity contribution in [3.05, 3.63) is 36.5 Å². The molecule has 408 valence electrons. The molecular formula is C49H88O19P2. The van der Waals surface area contributed by atoms with E-state index >= 15 is 0 Å². The van der Waals surface area contributed by atoms with Crippen LogP contribution in [0.3, 0.4) is 0 Å². The van der Waals surface area contributed by atoms with Gasteiger partial charge in [0, 0.05) is 31.1 Å². The van der Waals surface area contributed by atoms with Gasteiger partial charge in [0.2, 0.25) is 0 Å². The Balaban J connectivity index is 2.23. The zero-order chi connectivity index (χ0) is 52.0. The Hall–Kier alpha value is -1.90. The molecule has 0 spiro atoms. The average molecular weight is 1040 g/mol. The molecule has 1 aliphatic heterocycles. The van der Waals surface area contributed by atoms with E-state index in [1.165, 1.54) is 50.7 Å². The van der Waals surface area contributed by atoms with Crippen molar-refractivity contribution in [2.45, 2.75) is 235 Å². The molecule has 0 radical (unpaired) electrons. The summed E-state index contributed by atoms with van der Waals surface area (Å²) < 4.78 is 52.2. The SMILES string of the molecule is CCCCCCCC/C=C\CCCCCCCCCC(=O)OC[C@@H]1COP(=O)(O)O[C@H]2[C@H](O)[C@@H](O)[C@H](O)[C@@H](CC=CCCCC(=O)O1)[C@@H](O)C[C@@H](O)[C@H](/C=C/[C@@H](O)CCCCC)[C@@H](O)[C@H]2OP(=O)(O)O. The lowest BCUT2D eigenvalue weighted by molar-refractivity contribution is -0.165. The first kappa shape index (κ1) is 64.2. The van der Waals surface area contributed by atoms with Crippen molar-refractivity contribution in [2.24, 2.45) is 11.8 Å². The van der Waals surface area contributed by atoms with E-state index in [1.54, 1.807) is 6.08 Å². The zero-order valence-electron chi connectivity index (χ0n) is 41.5. The number of unbranched alkanes of at least 4 members (excludes halogenated alkanes) is 15. The van der Waals surface area contributed by atoms with Crippen LogP contribution in [0, 0.1) is 11.8 Å². The molecule has 1 unspecified atom stereocenters. The van der Waals surface area contributed by atoms with Crippen LogP contribution >= 0.6 is 15.6 Å². The summed E-state index contributed by atoms with van der Waals surface area (Å²) in [6.07, 6.45) is 7.65. The number of cyclic esters (lactones) is 1. The van der Waals surface area contributed by atoms with Gasteiger partial charge >= 0.3 is 27.6 Å². The minimum atomic E-state index is -5.77. The first-order valence-corrected chi connectivity index (χ1v) is 28.8. The number of phosphoric ester groups is 2. The molecule has 1 heterocycles. The van der Waals surface area contributed by atoms with Crippen LogP contribution in [0.4, 0.5) is 0 Å². The molecule has 0 saturated heterocycles. The van der Waals surface area contributed by atoms with Gasteiger partial charge in [-0.25, -0.2) is 9.13 Å². The van der Waals surface area contributed by atoms with E-state index in [0.29, 0.717) is 12.8 Å². The van der Waals surface area contributed by atoms with E-state index in [-0.39, 0.29) is 38.5 Å². The second kappa shape index (κ2) is 36.1. The predicted octanol–water partition coefficient (Wildman–Crippen LogP) is 6.67. The van der Waals surface area contributed by atoms with Crippen LogP contribution in [0.2, 0.25) is 0 Å². The third kappa shape index (κ3) is 27.4. The van der Waals surface area contributed by atoms with Crippen molar-refractivity contribution in [1.82, 2.24) is 0 Å². The number of fused-ring (bicyclic) bond motifs is 4. The van der Waals surface area contributed by atoms with Crippen LogP contribution in [-0.2, 0) is 41.8 Å². The van der Waals surface area contributed by atoms with Gasteiger partial charge in [-0.15, -0.1) is 0 Å². The molecule has 1 aliphatic carbocycles. The molecule has 10 N–H and O–H groups in total. The molecule has 70 heavy (non-hydrogen) atoms. The van der Waals surface area contributed by atoms with E-state index in [4.69, 9.17) is 23.0 Å². The Morgan fingerprint density at radius 1 is 0.814 bits per heavy atom. The molecule has 0 aromatic heterocycles. The van der Waals surface area contributed by atoms with Crippen LogP contribution in [0.15, 0.2) is 36.5 Å². The predicted molar refractivity (Wildman–Crippen MR) is 262 cm³/mol. The van der Waals surface area contributed by atoms with E-state index in [9.17, 15) is 69.1 Å². The van der Waals surface area contributed by atoms with Gasteiger partial charge in [-0.3, -0.25) is 23.2 Å². The van der Waals surface area contributed by atoms with E-state index in [0.717, 1.165) is 70.3 Å². The highest BCUT2D eigenvalue weighted by atomic mass is 31.2. The third-order valence-corrected chi connectivity index (χ3v) is 14.2. The van der Waals surface area contributed by atoms with Crippen LogP contribution < -0.4 is 0 Å². The fourth-order valence-corrected chi connectivity index (χ4v) is 10.1. The Labute approximate surface area is 415 Å². The highest BCUT2D eigenvalue weighted by Crippen LogP contribution is 2.50. The van der Waals surface area contributed by atoms with Crippen molar-refractivity contribution < 1.29 is 92.2 Å². The van der Waals surface area contributed by atoms with Crippen molar-refractivity contribution in [3.8, 4) is 0 Å². The normalized spacial score (nSPS) is 30.8. The van der Waals surface area contributed by atoms with E-state index in [2.05, 4.69) is 19.1 Å². The largest absolute Gasteiger partial charge is 0.472 e. The van der Waals surface area contributed by atoms with Gasteiger partial charge in [0.1, 0.15) is 31.0 Å². The molecule has 13 atom stereocenters. The van der Waals surface area contributed by atoms with Gasteiger partial charge in [-0.1, -0.05) is 134 Å². The molecule has 2 aliphatic rings. The summed E-state index contributed by atoms with van der Waals surface area (Å²) in [6.45, 7) is 2.58. The maximum absolute atomic E-state index is 13.7. The fraction of sp³-hybridized carbons (Fsp3) is 0.837. The summed E-state index contributed by atoms with van der Waals surface area (Å²) in [7, 11) is -11.4. The monoisotopic (exact) mass is 1040 g/mol. The van der Waals surface area contributed by atoms with Gasteiger partial charge in [-0.2, -0.15) is 0 Å². The zero-order valence-corrected chi connectivity index (χ0v) is 43.3. The molecule has 0 aromatic rings. The number of aliphatic hydroxyl groups excluding tert-OH is 7. The number of aliphatic hydroxyl groups is 7. The van der Waals surface area contributed by atoms with Crippen molar-refractivity contribution in [2.75, 3.05) is 13.2 Å². The number of carbonyl (C=O) groups is 2.